The molecule has 14 heteroatoms. The van der Waals surface area contributed by atoms with Crippen LogP contribution in [0.3, 0.4) is 0 Å². The van der Waals surface area contributed by atoms with Crippen molar-refractivity contribution in [2.45, 2.75) is 32.6 Å². The van der Waals surface area contributed by atoms with E-state index in [1.807, 2.05) is 4.90 Å². The largest absolute Gasteiger partial charge is 0.443 e. The topological polar surface area (TPSA) is 144 Å². The summed E-state index contributed by atoms with van der Waals surface area (Å²) in [5.74, 6) is 0.0239. The number of thiazole rings is 1. The van der Waals surface area contributed by atoms with Gasteiger partial charge in [-0.15, -0.1) is 11.3 Å². The van der Waals surface area contributed by atoms with Crippen LogP contribution in [0.1, 0.15) is 47.3 Å². The highest BCUT2D eigenvalue weighted by molar-refractivity contribution is 7.13. The van der Waals surface area contributed by atoms with E-state index in [1.54, 1.807) is 43.6 Å². The summed E-state index contributed by atoms with van der Waals surface area (Å²) in [4.78, 5) is 41.9. The van der Waals surface area contributed by atoms with E-state index >= 15 is 0 Å². The number of carbonyl (C=O) groups is 2. The fourth-order valence-corrected chi connectivity index (χ4v) is 4.49. The molecule has 3 N–H and O–H groups in total. The van der Waals surface area contributed by atoms with Crippen LogP contribution in [0.2, 0.25) is 0 Å². The van der Waals surface area contributed by atoms with E-state index in [-0.39, 0.29) is 21.6 Å². The first kappa shape index (κ1) is 29.4. The van der Waals surface area contributed by atoms with Crippen LogP contribution in [-0.4, -0.2) is 54.7 Å². The molecule has 41 heavy (non-hydrogen) atoms. The Morgan fingerprint density at radius 1 is 1.10 bits per heavy atom. The van der Waals surface area contributed by atoms with E-state index in [0.717, 1.165) is 24.8 Å². The molecule has 1 aliphatic heterocycles. The standard InChI is InChI=1S/C15H9FN4O.C7H13NO.C5H4F2N2OS/c16-10-4-2-1-3-9(10)14-19-11-7-12(15-17-5-6-21-15)18-8-13(11)20-14;1-7(9)8-5-3-2-4-6-8;6-3(7)2-1-9-5(11-2)4(8)10/h1-8H,(H,19,20);2-6H2,1H3;1,3H,(H2,8,10). The van der Waals surface area contributed by atoms with Crippen molar-refractivity contribution in [3.05, 3.63) is 70.9 Å². The molecule has 1 aliphatic rings. The van der Waals surface area contributed by atoms with Crippen LogP contribution in [0, 0.1) is 5.82 Å². The summed E-state index contributed by atoms with van der Waals surface area (Å²) in [5, 5.41) is -0.0831. The number of hydrogen-bond acceptors (Lipinski definition) is 8. The number of nitrogens with one attached hydrogen (secondary N) is 1. The molecule has 0 aliphatic carbocycles. The van der Waals surface area contributed by atoms with Gasteiger partial charge in [0.25, 0.3) is 12.3 Å². The Labute approximate surface area is 236 Å². The van der Waals surface area contributed by atoms with Crippen LogP contribution < -0.4 is 5.73 Å². The third kappa shape index (κ3) is 7.75. The van der Waals surface area contributed by atoms with Gasteiger partial charge in [0.05, 0.1) is 33.9 Å². The molecule has 0 radical (unpaired) electrons. The Kier molecular flexibility index (Phi) is 9.79. The number of piperidine rings is 1. The van der Waals surface area contributed by atoms with Crippen molar-refractivity contribution in [2.75, 3.05) is 13.1 Å². The number of amides is 2. The van der Waals surface area contributed by atoms with Gasteiger partial charge >= 0.3 is 0 Å². The fraction of sp³-hybridized carbons (Fsp3) is 0.259. The Balaban J connectivity index is 0.000000163. The van der Waals surface area contributed by atoms with Crippen LogP contribution >= 0.6 is 11.3 Å². The minimum atomic E-state index is -2.58. The number of oxazole rings is 1. The molecule has 0 atom stereocenters. The molecular formula is C27H26F3N7O3S. The molecule has 0 bridgehead atoms. The molecule has 0 spiro atoms. The summed E-state index contributed by atoms with van der Waals surface area (Å²) in [7, 11) is 0. The second kappa shape index (κ2) is 13.7. The summed E-state index contributed by atoms with van der Waals surface area (Å²) >= 11 is 0.613. The van der Waals surface area contributed by atoms with Gasteiger partial charge in [0.15, 0.2) is 5.01 Å². The third-order valence-electron chi connectivity index (χ3n) is 5.90. The molecule has 4 aromatic heterocycles. The molecule has 0 saturated carbocycles. The van der Waals surface area contributed by atoms with Crippen molar-refractivity contribution in [3.8, 4) is 23.0 Å². The molecule has 2 amide bonds. The second-order valence-corrected chi connectivity index (χ2v) is 9.85. The molecule has 5 heterocycles. The summed E-state index contributed by atoms with van der Waals surface area (Å²) in [5.41, 5.74) is 7.20. The minimum absolute atomic E-state index is 0.0831. The Bertz CT molecular complexity index is 1600. The quantitative estimate of drug-likeness (QED) is 0.279. The van der Waals surface area contributed by atoms with Gasteiger partial charge in [-0.2, -0.15) is 0 Å². The SMILES string of the molecule is CC(=O)N1CCCCC1.Fc1ccccc1-c1nc2cc(-c3ncco3)ncc2[nH]1.NC(=O)c1ncc(C(F)F)s1. The minimum Gasteiger partial charge on any atom is -0.443 e. The Morgan fingerprint density at radius 3 is 2.41 bits per heavy atom. The van der Waals surface area contributed by atoms with Crippen LogP contribution in [0.25, 0.3) is 34.0 Å². The van der Waals surface area contributed by atoms with Crippen LogP contribution in [0.4, 0.5) is 13.2 Å². The van der Waals surface area contributed by atoms with Crippen molar-refractivity contribution in [1.82, 2.24) is 29.8 Å². The zero-order valence-electron chi connectivity index (χ0n) is 21.9. The molecule has 6 rings (SSSR count). The van der Waals surface area contributed by atoms with Crippen molar-refractivity contribution < 1.29 is 27.2 Å². The van der Waals surface area contributed by atoms with Crippen molar-refractivity contribution in [3.63, 3.8) is 0 Å². The number of fused-ring (bicyclic) bond motifs is 1. The maximum Gasteiger partial charge on any atom is 0.277 e. The lowest BCUT2D eigenvalue weighted by Crippen LogP contribution is -2.33. The second-order valence-electron chi connectivity index (χ2n) is 8.79. The van der Waals surface area contributed by atoms with Gasteiger partial charge in [-0.1, -0.05) is 12.1 Å². The summed E-state index contributed by atoms with van der Waals surface area (Å²) < 4.78 is 42.7. The number of alkyl halides is 2. The van der Waals surface area contributed by atoms with Gasteiger partial charge in [-0.05, 0) is 37.5 Å². The number of halogens is 3. The van der Waals surface area contributed by atoms with Crippen LogP contribution in [-0.2, 0) is 4.79 Å². The lowest BCUT2D eigenvalue weighted by atomic mass is 10.1. The molecular weight excluding hydrogens is 559 g/mol. The molecule has 1 fully saturated rings. The van der Waals surface area contributed by atoms with Gasteiger partial charge in [-0.3, -0.25) is 9.59 Å². The smallest absolute Gasteiger partial charge is 0.277 e. The van der Waals surface area contributed by atoms with E-state index < -0.39 is 12.3 Å². The number of hydrogen-bond donors (Lipinski definition) is 2. The number of nitrogens with two attached hydrogens (primary N) is 1. The fourth-order valence-electron chi connectivity index (χ4n) is 3.87. The number of likely N-dealkylation sites (tertiary alicyclic amines) is 1. The van der Waals surface area contributed by atoms with E-state index in [1.165, 1.54) is 31.6 Å². The summed E-state index contributed by atoms with van der Waals surface area (Å²) in [6.07, 6.45) is 6.72. The third-order valence-corrected chi connectivity index (χ3v) is 6.92. The number of H-pyrrole nitrogens is 1. The van der Waals surface area contributed by atoms with Gasteiger partial charge < -0.3 is 20.0 Å². The summed E-state index contributed by atoms with van der Waals surface area (Å²) in [6, 6.07) is 8.24. The zero-order valence-corrected chi connectivity index (χ0v) is 22.7. The summed E-state index contributed by atoms with van der Waals surface area (Å²) in [6.45, 7) is 3.61. The zero-order chi connectivity index (χ0) is 29.4. The predicted molar refractivity (Wildman–Crippen MR) is 146 cm³/mol. The molecule has 1 saturated heterocycles. The van der Waals surface area contributed by atoms with E-state index in [0.29, 0.717) is 39.8 Å². The average molecular weight is 586 g/mol. The van der Waals surface area contributed by atoms with E-state index in [2.05, 4.69) is 24.9 Å². The number of aromatic amines is 1. The number of rotatable bonds is 4. The highest BCUT2D eigenvalue weighted by atomic mass is 32.1. The number of benzene rings is 1. The normalized spacial score (nSPS) is 12.9. The number of aromatic nitrogens is 5. The van der Waals surface area contributed by atoms with Crippen LogP contribution in [0.15, 0.2) is 59.6 Å². The highest BCUT2D eigenvalue weighted by Crippen LogP contribution is 2.25. The predicted octanol–water partition coefficient (Wildman–Crippen LogP) is 5.62. The molecule has 0 unspecified atom stereocenters. The Morgan fingerprint density at radius 2 is 1.85 bits per heavy atom. The number of pyridine rings is 1. The number of carbonyl (C=O) groups excluding carboxylic acids is 2. The van der Waals surface area contributed by atoms with Gasteiger partial charge in [0.1, 0.15) is 23.6 Å². The number of primary amides is 1. The van der Waals surface area contributed by atoms with Gasteiger partial charge in [0, 0.05) is 26.2 Å². The van der Waals surface area contributed by atoms with Crippen molar-refractivity contribution in [1.29, 1.82) is 0 Å². The average Bonchev–Trinajstić information content (AvgIpc) is 3.75. The lowest BCUT2D eigenvalue weighted by Gasteiger charge is -2.24. The Hall–Kier alpha value is -4.59. The first-order chi connectivity index (χ1) is 19.7. The monoisotopic (exact) mass is 585 g/mol. The van der Waals surface area contributed by atoms with Gasteiger partial charge in [0.2, 0.25) is 11.8 Å². The first-order valence-corrected chi connectivity index (χ1v) is 13.3. The molecule has 214 valence electrons. The van der Waals surface area contributed by atoms with E-state index in [9.17, 15) is 22.8 Å². The van der Waals surface area contributed by atoms with Crippen molar-refractivity contribution in [2.24, 2.45) is 5.73 Å². The number of imidazole rings is 1. The molecule has 1 aromatic carbocycles. The molecule has 10 nitrogen and oxygen atoms in total. The van der Waals surface area contributed by atoms with E-state index in [4.69, 9.17) is 10.2 Å². The maximum absolute atomic E-state index is 13.8. The maximum atomic E-state index is 13.8. The molecule has 5 aromatic rings. The number of nitrogens with zero attached hydrogens (tertiary/aromatic N) is 5. The van der Waals surface area contributed by atoms with Crippen LogP contribution in [0.5, 0.6) is 0 Å². The lowest BCUT2D eigenvalue weighted by molar-refractivity contribution is -0.129. The van der Waals surface area contributed by atoms with Crippen molar-refractivity contribution >= 4 is 34.2 Å². The van der Waals surface area contributed by atoms with Gasteiger partial charge in [-0.25, -0.2) is 33.1 Å². The highest BCUT2D eigenvalue weighted by Gasteiger charge is 2.14. The first-order valence-electron chi connectivity index (χ1n) is 12.5.